The summed E-state index contributed by atoms with van der Waals surface area (Å²) in [6.45, 7) is 2.82. The van der Waals surface area contributed by atoms with Crippen LogP contribution in [0.5, 0.6) is 0 Å². The van der Waals surface area contributed by atoms with Crippen LogP contribution < -0.4 is 16.6 Å². The minimum atomic E-state index is -0.865. The second-order valence-corrected chi connectivity index (χ2v) is 5.71. The zero-order chi connectivity index (χ0) is 18.0. The van der Waals surface area contributed by atoms with E-state index in [1.165, 1.54) is 12.1 Å². The van der Waals surface area contributed by atoms with E-state index >= 15 is 0 Å². The van der Waals surface area contributed by atoms with Crippen LogP contribution in [0, 0.1) is 19.7 Å². The molecular formula is C16H15ClFN3O3. The van der Waals surface area contributed by atoms with Gasteiger partial charge in [0.2, 0.25) is 5.91 Å². The van der Waals surface area contributed by atoms with Gasteiger partial charge in [-0.1, -0.05) is 11.6 Å². The molecule has 8 heteroatoms. The standard InChI is InChI=1S/C16H15ClFN3O3/c1-8-5-9(2)21(16(24)14(8)15(19)23)7-13(22)20-12-4-3-10(17)6-11(12)18/h3-6H,7H2,1-2H3,(H2,19,23)(H,20,22). The highest BCUT2D eigenvalue weighted by Gasteiger charge is 2.17. The molecule has 1 heterocycles. The summed E-state index contributed by atoms with van der Waals surface area (Å²) >= 11 is 5.64. The number of pyridine rings is 1. The summed E-state index contributed by atoms with van der Waals surface area (Å²) in [6, 6.07) is 5.38. The second-order valence-electron chi connectivity index (χ2n) is 5.27. The number of carbonyl (C=O) groups excluding carboxylic acids is 2. The topological polar surface area (TPSA) is 94.2 Å². The van der Waals surface area contributed by atoms with Crippen LogP contribution in [0.3, 0.4) is 0 Å². The number of aryl methyl sites for hydroxylation is 2. The Balaban J connectivity index is 2.31. The van der Waals surface area contributed by atoms with E-state index in [4.69, 9.17) is 17.3 Å². The molecule has 2 amide bonds. The molecule has 0 aliphatic carbocycles. The normalized spacial score (nSPS) is 10.5. The third-order valence-corrected chi connectivity index (χ3v) is 3.69. The molecule has 2 rings (SSSR count). The predicted molar refractivity (Wildman–Crippen MR) is 88.7 cm³/mol. The minimum Gasteiger partial charge on any atom is -0.365 e. The summed E-state index contributed by atoms with van der Waals surface area (Å²) in [6.07, 6.45) is 0. The van der Waals surface area contributed by atoms with Crippen molar-refractivity contribution in [2.24, 2.45) is 5.73 Å². The van der Waals surface area contributed by atoms with Gasteiger partial charge in [-0.2, -0.15) is 0 Å². The van der Waals surface area contributed by atoms with Crippen molar-refractivity contribution in [2.75, 3.05) is 5.32 Å². The number of primary amides is 1. The summed E-state index contributed by atoms with van der Waals surface area (Å²) in [7, 11) is 0. The number of hydrogen-bond donors (Lipinski definition) is 2. The largest absolute Gasteiger partial charge is 0.365 e. The Kier molecular flexibility index (Phi) is 5.04. The fourth-order valence-corrected chi connectivity index (χ4v) is 2.51. The van der Waals surface area contributed by atoms with Crippen LogP contribution in [0.25, 0.3) is 0 Å². The molecule has 0 radical (unpaired) electrons. The molecule has 0 unspecified atom stereocenters. The first-order valence-corrected chi connectivity index (χ1v) is 7.34. The first-order valence-electron chi connectivity index (χ1n) is 6.96. The number of carbonyl (C=O) groups is 2. The highest BCUT2D eigenvalue weighted by atomic mass is 35.5. The van der Waals surface area contributed by atoms with Gasteiger partial charge in [0.05, 0.1) is 5.69 Å². The molecule has 3 N–H and O–H groups in total. The maximum Gasteiger partial charge on any atom is 0.264 e. The van der Waals surface area contributed by atoms with Gasteiger partial charge in [0.25, 0.3) is 11.5 Å². The molecule has 126 valence electrons. The number of benzene rings is 1. The number of aromatic nitrogens is 1. The lowest BCUT2D eigenvalue weighted by Crippen LogP contribution is -2.35. The molecule has 0 saturated heterocycles. The van der Waals surface area contributed by atoms with E-state index in [-0.39, 0.29) is 22.8 Å². The second kappa shape index (κ2) is 6.84. The van der Waals surface area contributed by atoms with Gasteiger partial charge in [0.15, 0.2) is 0 Å². The summed E-state index contributed by atoms with van der Waals surface area (Å²) in [4.78, 5) is 35.9. The number of anilines is 1. The van der Waals surface area contributed by atoms with Gasteiger partial charge >= 0.3 is 0 Å². The first kappa shape index (κ1) is 17.7. The number of halogens is 2. The highest BCUT2D eigenvalue weighted by molar-refractivity contribution is 6.30. The summed E-state index contributed by atoms with van der Waals surface area (Å²) in [5.74, 6) is -2.18. The number of nitrogens with one attached hydrogen (secondary N) is 1. The molecule has 1 aromatic heterocycles. The molecule has 0 saturated carbocycles. The molecule has 0 aliphatic rings. The third-order valence-electron chi connectivity index (χ3n) is 3.46. The molecule has 0 bridgehead atoms. The molecule has 6 nitrogen and oxygen atoms in total. The average Bonchev–Trinajstić information content (AvgIpc) is 2.46. The summed E-state index contributed by atoms with van der Waals surface area (Å²) in [5.41, 5.74) is 5.23. The van der Waals surface area contributed by atoms with Crippen LogP contribution in [0.15, 0.2) is 29.1 Å². The third kappa shape index (κ3) is 3.62. The van der Waals surface area contributed by atoms with Crippen LogP contribution in [0.1, 0.15) is 21.6 Å². The Bertz CT molecular complexity index is 893. The molecule has 2 aromatic rings. The van der Waals surface area contributed by atoms with E-state index in [1.807, 2.05) is 0 Å². The van der Waals surface area contributed by atoms with Gasteiger partial charge in [-0.15, -0.1) is 0 Å². The molecule has 0 fully saturated rings. The lowest BCUT2D eigenvalue weighted by molar-refractivity contribution is -0.116. The number of amides is 2. The van der Waals surface area contributed by atoms with E-state index in [9.17, 15) is 18.8 Å². The van der Waals surface area contributed by atoms with Gasteiger partial charge in [-0.3, -0.25) is 14.4 Å². The maximum atomic E-state index is 13.7. The van der Waals surface area contributed by atoms with Crippen molar-refractivity contribution >= 4 is 29.1 Å². The zero-order valence-corrected chi connectivity index (χ0v) is 13.8. The molecule has 1 aromatic carbocycles. The number of hydrogen-bond acceptors (Lipinski definition) is 3. The van der Waals surface area contributed by atoms with Crippen molar-refractivity contribution in [1.29, 1.82) is 0 Å². The van der Waals surface area contributed by atoms with Gasteiger partial charge in [-0.05, 0) is 43.7 Å². The van der Waals surface area contributed by atoms with Gasteiger partial charge < -0.3 is 15.6 Å². The SMILES string of the molecule is Cc1cc(C)n(CC(=O)Nc2ccc(Cl)cc2F)c(=O)c1C(N)=O. The predicted octanol–water partition coefficient (Wildman–Crippen LogP) is 2.00. The monoisotopic (exact) mass is 351 g/mol. The fourth-order valence-electron chi connectivity index (χ4n) is 2.35. The van der Waals surface area contributed by atoms with Crippen LogP contribution in [0.2, 0.25) is 5.02 Å². The summed E-state index contributed by atoms with van der Waals surface area (Å²) in [5, 5.41) is 2.55. The number of nitrogens with two attached hydrogens (primary N) is 1. The minimum absolute atomic E-state index is 0.0580. The smallest absolute Gasteiger partial charge is 0.264 e. The molecule has 0 aliphatic heterocycles. The van der Waals surface area contributed by atoms with Crippen LogP contribution in [-0.2, 0) is 11.3 Å². The lowest BCUT2D eigenvalue weighted by atomic mass is 10.1. The van der Waals surface area contributed by atoms with E-state index in [0.29, 0.717) is 11.3 Å². The lowest BCUT2D eigenvalue weighted by Gasteiger charge is -2.13. The van der Waals surface area contributed by atoms with Crippen LogP contribution in [0.4, 0.5) is 10.1 Å². The van der Waals surface area contributed by atoms with Crippen molar-refractivity contribution in [1.82, 2.24) is 4.57 Å². The molecule has 0 atom stereocenters. The summed E-state index contributed by atoms with van der Waals surface area (Å²) < 4.78 is 14.8. The number of nitrogens with zero attached hydrogens (tertiary/aromatic N) is 1. The van der Waals surface area contributed by atoms with Crippen molar-refractivity contribution < 1.29 is 14.0 Å². The van der Waals surface area contributed by atoms with E-state index in [1.54, 1.807) is 19.9 Å². The molecular weight excluding hydrogens is 337 g/mol. The first-order chi connectivity index (χ1) is 11.2. The maximum absolute atomic E-state index is 13.7. The Morgan fingerprint density at radius 1 is 1.29 bits per heavy atom. The zero-order valence-electron chi connectivity index (χ0n) is 13.0. The Hall–Kier alpha value is -2.67. The van der Waals surface area contributed by atoms with Crippen LogP contribution >= 0.6 is 11.6 Å². The Morgan fingerprint density at radius 3 is 2.54 bits per heavy atom. The van der Waals surface area contributed by atoms with E-state index in [2.05, 4.69) is 5.32 Å². The van der Waals surface area contributed by atoms with E-state index in [0.717, 1.165) is 10.6 Å². The van der Waals surface area contributed by atoms with Crippen molar-refractivity contribution in [3.05, 3.63) is 62.3 Å². The Morgan fingerprint density at radius 2 is 1.96 bits per heavy atom. The quantitative estimate of drug-likeness (QED) is 0.882. The Labute approximate surface area is 142 Å². The fraction of sp³-hybridized carbons (Fsp3) is 0.188. The van der Waals surface area contributed by atoms with Gasteiger partial charge in [0, 0.05) is 10.7 Å². The molecule has 24 heavy (non-hydrogen) atoms. The van der Waals surface area contributed by atoms with E-state index < -0.39 is 23.2 Å². The van der Waals surface area contributed by atoms with Crippen molar-refractivity contribution in [3.63, 3.8) is 0 Å². The molecule has 0 spiro atoms. The van der Waals surface area contributed by atoms with Gasteiger partial charge in [0.1, 0.15) is 17.9 Å². The average molecular weight is 352 g/mol. The van der Waals surface area contributed by atoms with Crippen molar-refractivity contribution in [3.8, 4) is 0 Å². The van der Waals surface area contributed by atoms with Crippen LogP contribution in [-0.4, -0.2) is 16.4 Å². The van der Waals surface area contributed by atoms with Gasteiger partial charge in [-0.25, -0.2) is 4.39 Å². The van der Waals surface area contributed by atoms with Crippen molar-refractivity contribution in [2.45, 2.75) is 20.4 Å². The highest BCUT2D eigenvalue weighted by Crippen LogP contribution is 2.18. The number of rotatable bonds is 4.